The Labute approximate surface area is 126 Å². The van der Waals surface area contributed by atoms with Gasteiger partial charge in [-0.25, -0.2) is 4.68 Å². The molecule has 0 aliphatic carbocycles. The van der Waals surface area contributed by atoms with Gasteiger partial charge in [0.25, 0.3) is 0 Å². The number of carbonyl (C=O) groups is 1. The van der Waals surface area contributed by atoms with Crippen LogP contribution in [0.15, 0.2) is 12.3 Å². The molecular formula is C15H27N5O. The van der Waals surface area contributed by atoms with E-state index < -0.39 is 0 Å². The predicted molar refractivity (Wildman–Crippen MR) is 84.1 cm³/mol. The number of nitrogens with two attached hydrogens (primary N) is 1. The minimum atomic E-state index is 0.00426. The lowest BCUT2D eigenvalue weighted by molar-refractivity contribution is -0.119. The number of rotatable bonds is 5. The lowest BCUT2D eigenvalue weighted by Gasteiger charge is -2.39. The summed E-state index contributed by atoms with van der Waals surface area (Å²) in [5.74, 6) is 0.758. The van der Waals surface area contributed by atoms with Gasteiger partial charge in [0.2, 0.25) is 5.91 Å². The molecule has 0 bridgehead atoms. The molecule has 1 aliphatic heterocycles. The van der Waals surface area contributed by atoms with Crippen LogP contribution in [0.2, 0.25) is 0 Å². The van der Waals surface area contributed by atoms with E-state index >= 15 is 0 Å². The third-order valence-electron chi connectivity index (χ3n) is 4.22. The molecule has 0 saturated carbocycles. The summed E-state index contributed by atoms with van der Waals surface area (Å²) in [4.78, 5) is 14.6. The van der Waals surface area contributed by atoms with E-state index in [-0.39, 0.29) is 11.9 Å². The molecule has 2 rings (SSSR count). The van der Waals surface area contributed by atoms with Crippen LogP contribution in [0.25, 0.3) is 0 Å². The first-order chi connectivity index (χ1) is 10.0. The van der Waals surface area contributed by atoms with Crippen LogP contribution in [0.5, 0.6) is 0 Å². The fraction of sp³-hybridized carbons (Fsp3) is 0.733. The molecule has 0 aromatic carbocycles. The zero-order valence-electron chi connectivity index (χ0n) is 13.2. The highest BCUT2D eigenvalue weighted by molar-refractivity contribution is 5.91. The lowest BCUT2D eigenvalue weighted by atomic mass is 9.96. The molecule has 6 nitrogen and oxygen atoms in total. The summed E-state index contributed by atoms with van der Waals surface area (Å²) in [7, 11) is 0. The van der Waals surface area contributed by atoms with E-state index in [9.17, 15) is 4.79 Å². The number of aromatic nitrogens is 2. The Balaban J connectivity index is 1.98. The molecule has 1 aliphatic rings. The summed E-state index contributed by atoms with van der Waals surface area (Å²) >= 11 is 0. The van der Waals surface area contributed by atoms with Crippen molar-refractivity contribution in [3.8, 4) is 0 Å². The summed E-state index contributed by atoms with van der Waals surface area (Å²) in [6.07, 6.45) is 5.12. The van der Waals surface area contributed by atoms with Crippen LogP contribution in [0.4, 0.5) is 5.82 Å². The van der Waals surface area contributed by atoms with Crippen molar-refractivity contribution < 1.29 is 4.79 Å². The Morgan fingerprint density at radius 1 is 1.52 bits per heavy atom. The molecule has 1 amide bonds. The van der Waals surface area contributed by atoms with Gasteiger partial charge in [-0.3, -0.25) is 9.69 Å². The van der Waals surface area contributed by atoms with Crippen molar-refractivity contribution in [1.29, 1.82) is 0 Å². The number of hydrogen-bond acceptors (Lipinski definition) is 4. The molecule has 2 atom stereocenters. The quantitative estimate of drug-likeness (QED) is 0.864. The van der Waals surface area contributed by atoms with Gasteiger partial charge in [-0.05, 0) is 33.6 Å². The van der Waals surface area contributed by atoms with Crippen LogP contribution in [-0.2, 0) is 4.79 Å². The normalized spacial score (nSPS) is 23.5. The van der Waals surface area contributed by atoms with Gasteiger partial charge in [0, 0.05) is 30.7 Å². The maximum atomic E-state index is 12.3. The maximum Gasteiger partial charge on any atom is 0.239 e. The molecule has 2 heterocycles. The number of anilines is 1. The van der Waals surface area contributed by atoms with Gasteiger partial charge in [-0.15, -0.1) is 0 Å². The van der Waals surface area contributed by atoms with Crippen molar-refractivity contribution in [3.63, 3.8) is 0 Å². The molecule has 21 heavy (non-hydrogen) atoms. The third-order valence-corrected chi connectivity index (χ3v) is 4.22. The van der Waals surface area contributed by atoms with Gasteiger partial charge < -0.3 is 11.1 Å². The molecule has 1 aromatic rings. The average Bonchev–Trinajstić information content (AvgIpc) is 2.89. The number of hydrogen-bond donors (Lipinski definition) is 2. The Bertz CT molecular complexity index is 470. The van der Waals surface area contributed by atoms with Crippen molar-refractivity contribution in [2.45, 2.75) is 58.2 Å². The number of carbonyl (C=O) groups excluding carboxylic acids is 1. The first-order valence-corrected chi connectivity index (χ1v) is 7.82. The van der Waals surface area contributed by atoms with E-state index in [1.165, 1.54) is 6.42 Å². The average molecular weight is 293 g/mol. The van der Waals surface area contributed by atoms with E-state index in [1.807, 2.05) is 24.6 Å². The fourth-order valence-corrected chi connectivity index (χ4v) is 3.05. The maximum absolute atomic E-state index is 12.3. The van der Waals surface area contributed by atoms with Crippen LogP contribution >= 0.6 is 0 Å². The molecule has 6 heteroatoms. The Kier molecular flexibility index (Phi) is 5.36. The van der Waals surface area contributed by atoms with Crippen molar-refractivity contribution in [2.24, 2.45) is 5.73 Å². The molecule has 0 spiro atoms. The van der Waals surface area contributed by atoms with Crippen molar-refractivity contribution >= 4 is 11.7 Å². The summed E-state index contributed by atoms with van der Waals surface area (Å²) in [5.41, 5.74) is 5.84. The topological polar surface area (TPSA) is 76.2 Å². The van der Waals surface area contributed by atoms with Crippen LogP contribution in [0.1, 0.15) is 46.1 Å². The first kappa shape index (κ1) is 16.0. The SMILES string of the molecule is CC1CCCC(CN)N1CC(=O)Nc1ccnn1C(C)C. The van der Waals surface area contributed by atoms with Crippen molar-refractivity contribution in [2.75, 3.05) is 18.4 Å². The van der Waals surface area contributed by atoms with Gasteiger partial charge in [-0.2, -0.15) is 5.10 Å². The van der Waals surface area contributed by atoms with Crippen molar-refractivity contribution in [3.05, 3.63) is 12.3 Å². The van der Waals surface area contributed by atoms with Crippen LogP contribution in [0.3, 0.4) is 0 Å². The number of likely N-dealkylation sites (tertiary alicyclic amines) is 1. The van der Waals surface area contributed by atoms with E-state index in [1.54, 1.807) is 6.20 Å². The minimum absolute atomic E-state index is 0.00426. The second-order valence-corrected chi connectivity index (χ2v) is 6.14. The van der Waals surface area contributed by atoms with E-state index in [4.69, 9.17) is 5.73 Å². The number of amides is 1. The van der Waals surface area contributed by atoms with E-state index in [0.29, 0.717) is 25.2 Å². The molecule has 1 saturated heterocycles. The number of piperidine rings is 1. The van der Waals surface area contributed by atoms with Gasteiger partial charge in [0.05, 0.1) is 12.7 Å². The highest BCUT2D eigenvalue weighted by atomic mass is 16.2. The Morgan fingerprint density at radius 3 is 2.95 bits per heavy atom. The van der Waals surface area contributed by atoms with E-state index in [0.717, 1.165) is 18.7 Å². The zero-order valence-corrected chi connectivity index (χ0v) is 13.2. The largest absolute Gasteiger partial charge is 0.329 e. The van der Waals surface area contributed by atoms with Gasteiger partial charge in [0.1, 0.15) is 5.82 Å². The summed E-state index contributed by atoms with van der Waals surface area (Å²) in [6.45, 7) is 7.26. The van der Waals surface area contributed by atoms with Gasteiger partial charge in [-0.1, -0.05) is 6.42 Å². The van der Waals surface area contributed by atoms with Crippen LogP contribution in [0, 0.1) is 0 Å². The predicted octanol–water partition coefficient (Wildman–Crippen LogP) is 1.60. The standard InChI is InChI=1S/C15H27N5O/c1-11(2)20-14(7-8-17-20)18-15(21)10-19-12(3)5-4-6-13(19)9-16/h7-8,11-13H,4-6,9-10,16H2,1-3H3,(H,18,21). The van der Waals surface area contributed by atoms with Crippen LogP contribution in [-0.4, -0.2) is 45.8 Å². The Morgan fingerprint density at radius 2 is 2.29 bits per heavy atom. The zero-order chi connectivity index (χ0) is 15.4. The van der Waals surface area contributed by atoms with Gasteiger partial charge >= 0.3 is 0 Å². The highest BCUT2D eigenvalue weighted by Gasteiger charge is 2.28. The molecule has 3 N–H and O–H groups in total. The monoisotopic (exact) mass is 293 g/mol. The second kappa shape index (κ2) is 7.04. The summed E-state index contributed by atoms with van der Waals surface area (Å²) in [5, 5.41) is 7.19. The van der Waals surface area contributed by atoms with E-state index in [2.05, 4.69) is 22.2 Å². The summed E-state index contributed by atoms with van der Waals surface area (Å²) in [6, 6.07) is 2.78. The summed E-state index contributed by atoms with van der Waals surface area (Å²) < 4.78 is 1.82. The lowest BCUT2D eigenvalue weighted by Crippen LogP contribution is -2.51. The van der Waals surface area contributed by atoms with Gasteiger partial charge in [0.15, 0.2) is 0 Å². The second-order valence-electron chi connectivity index (χ2n) is 6.14. The molecular weight excluding hydrogens is 266 g/mol. The molecule has 2 unspecified atom stereocenters. The van der Waals surface area contributed by atoms with Crippen LogP contribution < -0.4 is 11.1 Å². The Hall–Kier alpha value is -1.40. The molecule has 1 aromatic heterocycles. The number of nitrogens with one attached hydrogen (secondary N) is 1. The smallest absolute Gasteiger partial charge is 0.239 e. The molecule has 118 valence electrons. The third kappa shape index (κ3) is 3.83. The molecule has 1 fully saturated rings. The highest BCUT2D eigenvalue weighted by Crippen LogP contribution is 2.22. The van der Waals surface area contributed by atoms with Crippen molar-refractivity contribution in [1.82, 2.24) is 14.7 Å². The molecule has 0 radical (unpaired) electrons. The number of nitrogens with zero attached hydrogens (tertiary/aromatic N) is 3. The minimum Gasteiger partial charge on any atom is -0.329 e. The first-order valence-electron chi connectivity index (χ1n) is 7.82. The fourth-order valence-electron chi connectivity index (χ4n) is 3.05.